The maximum Gasteiger partial charge on any atom is 0.315 e. The van der Waals surface area contributed by atoms with Crippen molar-refractivity contribution in [3.05, 3.63) is 0 Å². The zero-order valence-electron chi connectivity index (χ0n) is 14.6. The van der Waals surface area contributed by atoms with Crippen molar-refractivity contribution in [2.45, 2.75) is 65.8 Å². The molecular formula is C17H26O6. The normalized spacial score (nSPS) is 53.7. The average Bonchev–Trinajstić information content (AvgIpc) is 2.81. The van der Waals surface area contributed by atoms with E-state index in [1.807, 2.05) is 27.7 Å². The van der Waals surface area contributed by atoms with Gasteiger partial charge < -0.3 is 19.7 Å². The highest BCUT2D eigenvalue weighted by Gasteiger charge is 2.89. The highest BCUT2D eigenvalue weighted by Crippen LogP contribution is 2.79. The Labute approximate surface area is 136 Å². The predicted octanol–water partition coefficient (Wildman–Crippen LogP) is 1.03. The first-order chi connectivity index (χ1) is 10.3. The van der Waals surface area contributed by atoms with Gasteiger partial charge in [0, 0.05) is 24.2 Å². The van der Waals surface area contributed by atoms with Gasteiger partial charge in [-0.3, -0.25) is 9.59 Å². The van der Waals surface area contributed by atoms with Gasteiger partial charge >= 0.3 is 11.9 Å². The van der Waals surface area contributed by atoms with E-state index in [9.17, 15) is 19.8 Å². The monoisotopic (exact) mass is 326 g/mol. The second-order valence-electron chi connectivity index (χ2n) is 8.58. The molecule has 6 nitrogen and oxygen atoms in total. The topological polar surface area (TPSA) is 93.1 Å². The van der Waals surface area contributed by atoms with Gasteiger partial charge in [0.05, 0.1) is 17.6 Å². The summed E-state index contributed by atoms with van der Waals surface area (Å²) in [6.45, 7) is 10.4. The Morgan fingerprint density at radius 2 is 1.78 bits per heavy atom. The van der Waals surface area contributed by atoms with Crippen LogP contribution in [0.15, 0.2) is 0 Å². The lowest BCUT2D eigenvalue weighted by Crippen LogP contribution is -2.58. The lowest BCUT2D eigenvalue weighted by Gasteiger charge is -2.49. The van der Waals surface area contributed by atoms with Gasteiger partial charge in [-0.05, 0) is 6.92 Å². The molecular weight excluding hydrogens is 300 g/mol. The third kappa shape index (κ3) is 1.32. The van der Waals surface area contributed by atoms with Crippen LogP contribution >= 0.6 is 0 Å². The summed E-state index contributed by atoms with van der Waals surface area (Å²) in [7, 11) is 0. The van der Waals surface area contributed by atoms with Crippen LogP contribution in [0.25, 0.3) is 0 Å². The number of hydrogen-bond donors (Lipinski definition) is 2. The molecule has 0 aromatic rings. The molecule has 23 heavy (non-hydrogen) atoms. The number of carbonyl (C=O) groups is 2. The van der Waals surface area contributed by atoms with E-state index in [0.29, 0.717) is 0 Å². The predicted molar refractivity (Wildman–Crippen MR) is 80.2 cm³/mol. The van der Waals surface area contributed by atoms with Crippen molar-refractivity contribution in [3.8, 4) is 0 Å². The Hall–Kier alpha value is -1.14. The molecule has 1 saturated heterocycles. The summed E-state index contributed by atoms with van der Waals surface area (Å²) in [5, 5.41) is 21.9. The lowest BCUT2D eigenvalue weighted by molar-refractivity contribution is -0.199. The number of fused-ring (bicyclic) bond motifs is 3. The summed E-state index contributed by atoms with van der Waals surface area (Å²) in [6.07, 6.45) is -1.68. The van der Waals surface area contributed by atoms with Gasteiger partial charge in [-0.25, -0.2) is 0 Å². The van der Waals surface area contributed by atoms with Crippen LogP contribution in [0, 0.1) is 21.7 Å². The van der Waals surface area contributed by atoms with Gasteiger partial charge in [0.15, 0.2) is 0 Å². The van der Waals surface area contributed by atoms with Crippen molar-refractivity contribution in [1.29, 1.82) is 0 Å². The van der Waals surface area contributed by atoms with Crippen LogP contribution in [0.4, 0.5) is 0 Å². The molecule has 1 heterocycles. The maximum absolute atomic E-state index is 12.5. The third-order valence-electron chi connectivity index (χ3n) is 7.86. The highest BCUT2D eigenvalue weighted by molar-refractivity contribution is 5.83. The SMILES string of the molecule is CC(=O)O[C@]12C[C@H](O)C(C)(C)[C@@]1(C)C(O)C1(C)C(=O)OC[C@]12C. The summed E-state index contributed by atoms with van der Waals surface area (Å²) in [5.41, 5.74) is -4.98. The van der Waals surface area contributed by atoms with Crippen LogP contribution in [0.2, 0.25) is 0 Å². The molecule has 1 aliphatic heterocycles. The molecule has 6 heteroatoms. The Morgan fingerprint density at radius 3 is 2.30 bits per heavy atom. The standard InChI is InChI=1S/C17H26O6/c1-9(18)23-17-7-10(19)13(2,3)16(17,6)11(20)15(5)12(21)22-8-14(15,17)4/h10-11,19-20H,7-8H2,1-6H3/t10-,11?,14+,15?,16+,17-/m0/s1. The van der Waals surface area contributed by atoms with E-state index in [0.717, 1.165) is 0 Å². The van der Waals surface area contributed by atoms with Crippen molar-refractivity contribution in [2.75, 3.05) is 6.61 Å². The molecule has 0 radical (unpaired) electrons. The van der Waals surface area contributed by atoms with Crippen LogP contribution < -0.4 is 0 Å². The Morgan fingerprint density at radius 1 is 1.22 bits per heavy atom. The zero-order valence-corrected chi connectivity index (χ0v) is 14.6. The number of ether oxygens (including phenoxy) is 2. The van der Waals surface area contributed by atoms with E-state index in [2.05, 4.69) is 0 Å². The molecule has 0 bridgehead atoms. The molecule has 0 aromatic carbocycles. The first kappa shape index (κ1) is 16.7. The van der Waals surface area contributed by atoms with E-state index in [4.69, 9.17) is 9.47 Å². The van der Waals surface area contributed by atoms with E-state index < -0.39 is 51.4 Å². The largest absolute Gasteiger partial charge is 0.464 e. The number of carbonyl (C=O) groups excluding carboxylic acids is 2. The highest BCUT2D eigenvalue weighted by atomic mass is 16.6. The minimum absolute atomic E-state index is 0.0606. The number of cyclic esters (lactones) is 1. The van der Waals surface area contributed by atoms with Gasteiger partial charge in [0.25, 0.3) is 0 Å². The third-order valence-corrected chi connectivity index (χ3v) is 7.86. The number of esters is 2. The number of hydrogen-bond acceptors (Lipinski definition) is 6. The molecule has 3 fully saturated rings. The van der Waals surface area contributed by atoms with Crippen LogP contribution in [-0.2, 0) is 19.1 Å². The minimum Gasteiger partial charge on any atom is -0.464 e. The summed E-state index contributed by atoms with van der Waals surface area (Å²) in [4.78, 5) is 24.4. The molecule has 3 aliphatic rings. The summed E-state index contributed by atoms with van der Waals surface area (Å²) >= 11 is 0. The Bertz CT molecular complexity index is 600. The number of aliphatic hydroxyl groups excluding tert-OH is 2. The van der Waals surface area contributed by atoms with Crippen molar-refractivity contribution < 1.29 is 29.3 Å². The molecule has 3 rings (SSSR count). The van der Waals surface area contributed by atoms with E-state index in [1.165, 1.54) is 6.92 Å². The second kappa shape index (κ2) is 4.09. The molecule has 2 aliphatic carbocycles. The summed E-state index contributed by atoms with van der Waals surface area (Å²) < 4.78 is 11.1. The number of aliphatic hydroxyl groups is 2. The second-order valence-corrected chi connectivity index (χ2v) is 8.58. The molecule has 2 unspecified atom stereocenters. The zero-order chi connectivity index (χ0) is 17.6. The van der Waals surface area contributed by atoms with Gasteiger partial charge in [0.2, 0.25) is 0 Å². The molecule has 0 spiro atoms. The van der Waals surface area contributed by atoms with Crippen molar-refractivity contribution in [1.82, 2.24) is 0 Å². The quantitative estimate of drug-likeness (QED) is 0.699. The molecule has 2 N–H and O–H groups in total. The molecule has 6 atom stereocenters. The Kier molecular flexibility index (Phi) is 2.97. The molecule has 0 aromatic heterocycles. The fraction of sp³-hybridized carbons (Fsp3) is 0.882. The van der Waals surface area contributed by atoms with Gasteiger partial charge in [-0.1, -0.05) is 27.7 Å². The Balaban J connectivity index is 2.35. The van der Waals surface area contributed by atoms with E-state index in [-0.39, 0.29) is 13.0 Å². The van der Waals surface area contributed by atoms with Crippen LogP contribution in [0.1, 0.15) is 48.0 Å². The molecule has 0 amide bonds. The van der Waals surface area contributed by atoms with Crippen molar-refractivity contribution in [2.24, 2.45) is 21.7 Å². The fourth-order valence-electron chi connectivity index (χ4n) is 5.75. The van der Waals surface area contributed by atoms with E-state index >= 15 is 0 Å². The van der Waals surface area contributed by atoms with Crippen molar-refractivity contribution >= 4 is 11.9 Å². The lowest BCUT2D eigenvalue weighted by atomic mass is 9.60. The summed E-state index contributed by atoms with van der Waals surface area (Å²) in [6, 6.07) is 0. The van der Waals surface area contributed by atoms with Crippen LogP contribution in [-0.4, -0.2) is 46.6 Å². The molecule has 2 saturated carbocycles. The van der Waals surface area contributed by atoms with Gasteiger partial charge in [-0.2, -0.15) is 0 Å². The van der Waals surface area contributed by atoms with Gasteiger partial charge in [0.1, 0.15) is 17.6 Å². The smallest absolute Gasteiger partial charge is 0.315 e. The first-order valence-corrected chi connectivity index (χ1v) is 8.06. The average molecular weight is 326 g/mol. The fourth-order valence-corrected chi connectivity index (χ4v) is 5.75. The summed E-state index contributed by atoms with van der Waals surface area (Å²) in [5.74, 6) is -0.960. The number of rotatable bonds is 1. The van der Waals surface area contributed by atoms with Crippen molar-refractivity contribution in [3.63, 3.8) is 0 Å². The first-order valence-electron chi connectivity index (χ1n) is 8.06. The van der Waals surface area contributed by atoms with Gasteiger partial charge in [-0.15, -0.1) is 0 Å². The minimum atomic E-state index is -1.19. The molecule has 130 valence electrons. The maximum atomic E-state index is 12.5. The van der Waals surface area contributed by atoms with Crippen LogP contribution in [0.3, 0.4) is 0 Å². The van der Waals surface area contributed by atoms with E-state index in [1.54, 1.807) is 6.92 Å². The van der Waals surface area contributed by atoms with Crippen LogP contribution in [0.5, 0.6) is 0 Å².